The molecule has 21 heavy (non-hydrogen) atoms. The van der Waals surface area contributed by atoms with Gasteiger partial charge in [0, 0.05) is 32.2 Å². The molecule has 118 valence electrons. The number of nitrogens with one attached hydrogen (secondary N) is 1. The maximum Gasteiger partial charge on any atom is 0.389 e. The number of hydrogen-bond acceptors (Lipinski definition) is 2. The van der Waals surface area contributed by atoms with Gasteiger partial charge in [0.2, 0.25) is 0 Å². The standard InChI is InChI=1S/C16H23F3N2/c1-21-10-4-5-14-11-13(6-7-15(14)21)12-20-9-3-2-8-16(17,18)19/h6-7,11,20H,2-5,8-10,12H2,1H3. The molecule has 1 heterocycles. The molecule has 0 atom stereocenters. The van der Waals surface area contributed by atoms with Gasteiger partial charge in [0.1, 0.15) is 0 Å². The smallest absolute Gasteiger partial charge is 0.374 e. The maximum atomic E-state index is 12.0. The van der Waals surface area contributed by atoms with Crippen molar-refractivity contribution in [2.75, 3.05) is 25.0 Å². The summed E-state index contributed by atoms with van der Waals surface area (Å²) in [5.41, 5.74) is 3.88. The van der Waals surface area contributed by atoms with Gasteiger partial charge in [-0.1, -0.05) is 12.1 Å². The first kappa shape index (κ1) is 16.1. The fourth-order valence-electron chi connectivity index (χ4n) is 2.76. The molecule has 1 aromatic rings. The molecule has 0 fully saturated rings. The monoisotopic (exact) mass is 300 g/mol. The normalized spacial score (nSPS) is 15.1. The lowest BCUT2D eigenvalue weighted by Crippen LogP contribution is -2.25. The van der Waals surface area contributed by atoms with E-state index >= 15 is 0 Å². The summed E-state index contributed by atoms with van der Waals surface area (Å²) in [6.07, 6.45) is -1.65. The molecule has 0 bridgehead atoms. The zero-order valence-electron chi connectivity index (χ0n) is 12.5. The van der Waals surface area contributed by atoms with Crippen LogP contribution in [0.4, 0.5) is 18.9 Å². The molecule has 1 aromatic carbocycles. The summed E-state index contributed by atoms with van der Waals surface area (Å²) < 4.78 is 36.0. The molecule has 0 aromatic heterocycles. The SMILES string of the molecule is CN1CCCc2cc(CNCCCCC(F)(F)F)ccc21. The molecule has 0 saturated carbocycles. The van der Waals surface area contributed by atoms with Crippen LogP contribution in [-0.2, 0) is 13.0 Å². The van der Waals surface area contributed by atoms with Crippen LogP contribution in [0.2, 0.25) is 0 Å². The second kappa shape index (κ2) is 7.16. The average Bonchev–Trinajstić information content (AvgIpc) is 2.42. The lowest BCUT2D eigenvalue weighted by Gasteiger charge is -2.27. The van der Waals surface area contributed by atoms with Crippen molar-refractivity contribution < 1.29 is 13.2 Å². The Hall–Kier alpha value is -1.23. The van der Waals surface area contributed by atoms with E-state index in [4.69, 9.17) is 0 Å². The van der Waals surface area contributed by atoms with Crippen molar-refractivity contribution in [1.29, 1.82) is 0 Å². The van der Waals surface area contributed by atoms with E-state index in [9.17, 15) is 13.2 Å². The molecule has 1 aliphatic rings. The maximum absolute atomic E-state index is 12.0. The highest BCUT2D eigenvalue weighted by molar-refractivity contribution is 5.56. The molecule has 1 N–H and O–H groups in total. The fourth-order valence-corrected chi connectivity index (χ4v) is 2.76. The third-order valence-electron chi connectivity index (χ3n) is 3.89. The van der Waals surface area contributed by atoms with Crippen molar-refractivity contribution in [3.63, 3.8) is 0 Å². The summed E-state index contributed by atoms with van der Waals surface area (Å²) in [6.45, 7) is 2.46. The predicted molar refractivity (Wildman–Crippen MR) is 79.6 cm³/mol. The van der Waals surface area contributed by atoms with E-state index in [1.165, 1.54) is 23.2 Å². The van der Waals surface area contributed by atoms with E-state index in [0.29, 0.717) is 13.0 Å². The van der Waals surface area contributed by atoms with Crippen molar-refractivity contribution in [1.82, 2.24) is 5.32 Å². The van der Waals surface area contributed by atoms with Gasteiger partial charge < -0.3 is 10.2 Å². The van der Waals surface area contributed by atoms with Crippen molar-refractivity contribution in [3.05, 3.63) is 29.3 Å². The van der Waals surface area contributed by atoms with Gasteiger partial charge in [-0.05, 0) is 49.4 Å². The molecular formula is C16H23F3N2. The zero-order valence-corrected chi connectivity index (χ0v) is 12.5. The van der Waals surface area contributed by atoms with Crippen LogP contribution in [0.15, 0.2) is 18.2 Å². The number of anilines is 1. The van der Waals surface area contributed by atoms with E-state index in [0.717, 1.165) is 19.5 Å². The Morgan fingerprint density at radius 3 is 2.81 bits per heavy atom. The molecule has 0 radical (unpaired) electrons. The van der Waals surface area contributed by atoms with E-state index in [1.807, 2.05) is 0 Å². The van der Waals surface area contributed by atoms with E-state index in [-0.39, 0.29) is 6.42 Å². The van der Waals surface area contributed by atoms with Crippen molar-refractivity contribution >= 4 is 5.69 Å². The zero-order chi connectivity index (χ0) is 15.3. The highest BCUT2D eigenvalue weighted by atomic mass is 19.4. The van der Waals surface area contributed by atoms with Crippen molar-refractivity contribution in [2.24, 2.45) is 0 Å². The molecule has 2 rings (SSSR count). The number of halogens is 3. The minimum atomic E-state index is -4.02. The summed E-state index contributed by atoms with van der Waals surface area (Å²) in [5.74, 6) is 0. The number of rotatable bonds is 6. The van der Waals surface area contributed by atoms with Crippen LogP contribution in [0.1, 0.15) is 36.8 Å². The summed E-state index contributed by atoms with van der Waals surface area (Å²) in [4.78, 5) is 2.27. The minimum absolute atomic E-state index is 0.200. The van der Waals surface area contributed by atoms with Gasteiger partial charge in [0.15, 0.2) is 0 Å². The number of benzene rings is 1. The van der Waals surface area contributed by atoms with Crippen LogP contribution >= 0.6 is 0 Å². The molecule has 0 saturated heterocycles. The van der Waals surface area contributed by atoms with Crippen LogP contribution in [-0.4, -0.2) is 26.3 Å². The number of fused-ring (bicyclic) bond motifs is 1. The van der Waals surface area contributed by atoms with Gasteiger partial charge in [0.25, 0.3) is 0 Å². The fraction of sp³-hybridized carbons (Fsp3) is 0.625. The van der Waals surface area contributed by atoms with Gasteiger partial charge in [0.05, 0.1) is 0 Å². The second-order valence-corrected chi connectivity index (χ2v) is 5.74. The first-order valence-electron chi connectivity index (χ1n) is 7.56. The quantitative estimate of drug-likeness (QED) is 0.802. The van der Waals surface area contributed by atoms with Crippen LogP contribution < -0.4 is 10.2 Å². The van der Waals surface area contributed by atoms with Crippen LogP contribution in [0, 0.1) is 0 Å². The van der Waals surface area contributed by atoms with Gasteiger partial charge in [-0.3, -0.25) is 0 Å². The number of unbranched alkanes of at least 4 members (excludes halogenated alkanes) is 1. The first-order valence-corrected chi connectivity index (χ1v) is 7.56. The largest absolute Gasteiger partial charge is 0.389 e. The summed E-state index contributed by atoms with van der Waals surface area (Å²) in [7, 11) is 2.11. The lowest BCUT2D eigenvalue weighted by molar-refractivity contribution is -0.135. The van der Waals surface area contributed by atoms with Crippen molar-refractivity contribution in [2.45, 2.75) is 44.8 Å². The summed E-state index contributed by atoms with van der Waals surface area (Å²) in [6, 6.07) is 6.46. The Bertz CT molecular complexity index is 457. The molecule has 2 nitrogen and oxygen atoms in total. The van der Waals surface area contributed by atoms with E-state index in [1.54, 1.807) is 0 Å². The molecule has 0 spiro atoms. The molecule has 5 heteroatoms. The van der Waals surface area contributed by atoms with Crippen LogP contribution in [0.25, 0.3) is 0 Å². The number of nitrogens with zero attached hydrogens (tertiary/aromatic N) is 1. The third kappa shape index (κ3) is 5.23. The highest BCUT2D eigenvalue weighted by Crippen LogP contribution is 2.26. The molecule has 0 unspecified atom stereocenters. The van der Waals surface area contributed by atoms with Crippen LogP contribution in [0.5, 0.6) is 0 Å². The minimum Gasteiger partial charge on any atom is -0.374 e. The Kier molecular flexibility index (Phi) is 5.51. The number of hydrogen-bond donors (Lipinski definition) is 1. The van der Waals surface area contributed by atoms with E-state index < -0.39 is 12.6 Å². The predicted octanol–water partition coefficient (Wildman–Crippen LogP) is 3.89. The average molecular weight is 300 g/mol. The summed E-state index contributed by atoms with van der Waals surface area (Å²) >= 11 is 0. The lowest BCUT2D eigenvalue weighted by atomic mass is 9.99. The molecule has 0 amide bonds. The Morgan fingerprint density at radius 2 is 2.05 bits per heavy atom. The molecular weight excluding hydrogens is 277 g/mol. The Morgan fingerprint density at radius 1 is 1.24 bits per heavy atom. The van der Waals surface area contributed by atoms with Gasteiger partial charge in [-0.2, -0.15) is 13.2 Å². The topological polar surface area (TPSA) is 15.3 Å². The highest BCUT2D eigenvalue weighted by Gasteiger charge is 2.25. The van der Waals surface area contributed by atoms with Gasteiger partial charge in [-0.15, -0.1) is 0 Å². The molecule has 1 aliphatic heterocycles. The summed E-state index contributed by atoms with van der Waals surface area (Å²) in [5, 5.41) is 3.23. The number of aryl methyl sites for hydroxylation is 1. The number of alkyl halides is 3. The van der Waals surface area contributed by atoms with Gasteiger partial charge in [-0.25, -0.2) is 0 Å². The van der Waals surface area contributed by atoms with E-state index in [2.05, 4.69) is 35.5 Å². The Balaban J connectivity index is 1.72. The Labute approximate surface area is 124 Å². The van der Waals surface area contributed by atoms with Crippen LogP contribution in [0.3, 0.4) is 0 Å². The second-order valence-electron chi connectivity index (χ2n) is 5.74. The van der Waals surface area contributed by atoms with Crippen molar-refractivity contribution in [3.8, 4) is 0 Å². The molecule has 0 aliphatic carbocycles. The first-order chi connectivity index (χ1) is 9.96. The third-order valence-corrected chi connectivity index (χ3v) is 3.89. The van der Waals surface area contributed by atoms with Gasteiger partial charge >= 0.3 is 6.18 Å².